The maximum atomic E-state index is 14.0. The van der Waals surface area contributed by atoms with Crippen molar-refractivity contribution >= 4 is 24.0 Å². The maximum Gasteiger partial charge on any atom is 0.410 e. The quantitative estimate of drug-likeness (QED) is 0.735. The average Bonchev–Trinajstić information content (AvgIpc) is 2.68. The molecule has 28 heavy (non-hydrogen) atoms. The van der Waals surface area contributed by atoms with E-state index in [1.807, 2.05) is 0 Å². The molecular formula is C22H19F2NO3. The molecule has 1 heterocycles. The fourth-order valence-corrected chi connectivity index (χ4v) is 2.94. The van der Waals surface area contributed by atoms with Crippen molar-refractivity contribution in [1.29, 1.82) is 0 Å². The van der Waals surface area contributed by atoms with Gasteiger partial charge in [-0.3, -0.25) is 9.69 Å². The molecule has 6 heteroatoms. The van der Waals surface area contributed by atoms with E-state index in [0.717, 1.165) is 0 Å². The Morgan fingerprint density at radius 1 is 0.964 bits per heavy atom. The molecule has 0 aromatic heterocycles. The van der Waals surface area contributed by atoms with Gasteiger partial charge in [-0.15, -0.1) is 0 Å². The minimum atomic E-state index is -0.589. The number of halogens is 2. The Morgan fingerprint density at radius 2 is 1.43 bits per heavy atom. The second-order valence-electron chi connectivity index (χ2n) is 6.27. The first-order valence-electron chi connectivity index (χ1n) is 8.86. The largest absolute Gasteiger partial charge is 0.450 e. The zero-order valence-corrected chi connectivity index (χ0v) is 15.3. The van der Waals surface area contributed by atoms with E-state index in [1.165, 1.54) is 29.2 Å². The van der Waals surface area contributed by atoms with Gasteiger partial charge in [0.2, 0.25) is 0 Å². The number of ether oxygens (including phenoxy) is 1. The highest BCUT2D eigenvalue weighted by atomic mass is 19.1. The van der Waals surface area contributed by atoms with Crippen LogP contribution >= 0.6 is 0 Å². The summed E-state index contributed by atoms with van der Waals surface area (Å²) in [4.78, 5) is 26.5. The SMILES string of the molecule is CCOC(=O)N1C/C(=C/c2ccccc2F)C(=O)/C(=C\c2ccccc2F)C1. The van der Waals surface area contributed by atoms with Gasteiger partial charge in [-0.05, 0) is 31.2 Å². The van der Waals surface area contributed by atoms with Crippen molar-refractivity contribution in [3.63, 3.8) is 0 Å². The highest BCUT2D eigenvalue weighted by Crippen LogP contribution is 2.24. The molecule has 0 atom stereocenters. The van der Waals surface area contributed by atoms with Crippen LogP contribution in [0.15, 0.2) is 59.7 Å². The van der Waals surface area contributed by atoms with Crippen LogP contribution in [0.2, 0.25) is 0 Å². The van der Waals surface area contributed by atoms with Crippen molar-refractivity contribution in [1.82, 2.24) is 4.90 Å². The van der Waals surface area contributed by atoms with Crippen LogP contribution in [0.4, 0.5) is 13.6 Å². The Balaban J connectivity index is 2.02. The van der Waals surface area contributed by atoms with E-state index >= 15 is 0 Å². The topological polar surface area (TPSA) is 46.6 Å². The third-order valence-corrected chi connectivity index (χ3v) is 4.30. The van der Waals surface area contributed by atoms with Gasteiger partial charge in [0.1, 0.15) is 11.6 Å². The Kier molecular flexibility index (Phi) is 5.99. The first-order chi connectivity index (χ1) is 13.5. The minimum Gasteiger partial charge on any atom is -0.450 e. The molecular weight excluding hydrogens is 364 g/mol. The van der Waals surface area contributed by atoms with Gasteiger partial charge in [-0.2, -0.15) is 0 Å². The zero-order chi connectivity index (χ0) is 20.1. The monoisotopic (exact) mass is 383 g/mol. The van der Waals surface area contributed by atoms with E-state index in [-0.39, 0.29) is 47.8 Å². The third-order valence-electron chi connectivity index (χ3n) is 4.30. The Bertz CT molecular complexity index is 898. The molecule has 1 aliphatic heterocycles. The average molecular weight is 383 g/mol. The number of hydrogen-bond donors (Lipinski definition) is 0. The first-order valence-corrected chi connectivity index (χ1v) is 8.86. The number of ketones is 1. The number of benzene rings is 2. The molecule has 0 bridgehead atoms. The molecule has 4 nitrogen and oxygen atoms in total. The lowest BCUT2D eigenvalue weighted by Gasteiger charge is -2.29. The number of Topliss-reactive ketones (excluding diaryl/α,β-unsaturated/α-hetero) is 1. The number of carbonyl (C=O) groups is 2. The fraction of sp³-hybridized carbons (Fsp3) is 0.182. The van der Waals surface area contributed by atoms with Gasteiger partial charge < -0.3 is 4.74 Å². The summed E-state index contributed by atoms with van der Waals surface area (Å²) >= 11 is 0. The van der Waals surface area contributed by atoms with Crippen molar-refractivity contribution in [2.75, 3.05) is 19.7 Å². The van der Waals surface area contributed by atoms with Crippen molar-refractivity contribution < 1.29 is 23.1 Å². The van der Waals surface area contributed by atoms with Crippen LogP contribution in [-0.4, -0.2) is 36.5 Å². The summed E-state index contributed by atoms with van der Waals surface area (Å²) in [7, 11) is 0. The van der Waals surface area contributed by atoms with E-state index in [1.54, 1.807) is 43.3 Å². The highest BCUT2D eigenvalue weighted by molar-refractivity contribution is 6.15. The van der Waals surface area contributed by atoms with Gasteiger partial charge in [0, 0.05) is 22.3 Å². The number of amides is 1. The summed E-state index contributed by atoms with van der Waals surface area (Å²) in [6.07, 6.45) is 2.24. The molecule has 0 unspecified atom stereocenters. The molecule has 2 aromatic rings. The minimum absolute atomic E-state index is 0.0133. The lowest BCUT2D eigenvalue weighted by Crippen LogP contribution is -2.41. The van der Waals surface area contributed by atoms with Crippen LogP contribution < -0.4 is 0 Å². The van der Waals surface area contributed by atoms with Crippen molar-refractivity contribution in [3.8, 4) is 0 Å². The van der Waals surface area contributed by atoms with Crippen molar-refractivity contribution in [2.24, 2.45) is 0 Å². The van der Waals surface area contributed by atoms with E-state index in [4.69, 9.17) is 4.74 Å². The Labute approximate surface area is 161 Å². The number of nitrogens with zero attached hydrogens (tertiary/aromatic N) is 1. The van der Waals surface area contributed by atoms with Crippen molar-refractivity contribution in [3.05, 3.63) is 82.4 Å². The van der Waals surface area contributed by atoms with Crippen LogP contribution in [0, 0.1) is 11.6 Å². The second kappa shape index (κ2) is 8.61. The summed E-state index contributed by atoms with van der Waals surface area (Å²) in [6, 6.07) is 12.1. The third kappa shape index (κ3) is 4.34. The molecule has 0 spiro atoms. The second-order valence-corrected chi connectivity index (χ2v) is 6.27. The molecule has 1 saturated heterocycles. The van der Waals surface area contributed by atoms with Crippen LogP contribution in [0.25, 0.3) is 12.2 Å². The predicted molar refractivity (Wildman–Crippen MR) is 102 cm³/mol. The molecule has 144 valence electrons. The fourth-order valence-electron chi connectivity index (χ4n) is 2.94. The Morgan fingerprint density at radius 3 is 1.86 bits per heavy atom. The molecule has 0 radical (unpaired) electrons. The molecule has 2 aromatic carbocycles. The van der Waals surface area contributed by atoms with E-state index < -0.39 is 17.7 Å². The molecule has 1 fully saturated rings. The van der Waals surface area contributed by atoms with E-state index in [2.05, 4.69) is 0 Å². The lowest BCUT2D eigenvalue weighted by molar-refractivity contribution is -0.113. The number of piperidine rings is 1. The van der Waals surface area contributed by atoms with Crippen LogP contribution in [-0.2, 0) is 9.53 Å². The number of carbonyl (C=O) groups excluding carboxylic acids is 2. The smallest absolute Gasteiger partial charge is 0.410 e. The molecule has 1 amide bonds. The summed E-state index contributed by atoms with van der Waals surface area (Å²) < 4.78 is 33.1. The maximum absolute atomic E-state index is 14.0. The molecule has 3 rings (SSSR count). The van der Waals surface area contributed by atoms with Gasteiger partial charge in [0.15, 0.2) is 5.78 Å². The van der Waals surface area contributed by atoms with Gasteiger partial charge in [-0.25, -0.2) is 13.6 Å². The number of rotatable bonds is 3. The molecule has 1 aliphatic rings. The predicted octanol–water partition coefficient (Wildman–Crippen LogP) is 4.47. The summed E-state index contributed by atoms with van der Waals surface area (Å²) in [5, 5.41) is 0. The summed E-state index contributed by atoms with van der Waals surface area (Å²) in [5.41, 5.74) is 0.933. The Hall–Kier alpha value is -3.28. The number of hydrogen-bond acceptors (Lipinski definition) is 3. The molecule has 0 saturated carbocycles. The van der Waals surface area contributed by atoms with Crippen molar-refractivity contribution in [2.45, 2.75) is 6.92 Å². The van der Waals surface area contributed by atoms with Gasteiger partial charge >= 0.3 is 6.09 Å². The van der Waals surface area contributed by atoms with Gasteiger partial charge in [0.05, 0.1) is 19.7 Å². The zero-order valence-electron chi connectivity index (χ0n) is 15.3. The van der Waals surface area contributed by atoms with Gasteiger partial charge in [-0.1, -0.05) is 36.4 Å². The van der Waals surface area contributed by atoms with Crippen LogP contribution in [0.3, 0.4) is 0 Å². The number of likely N-dealkylation sites (tertiary alicyclic amines) is 1. The van der Waals surface area contributed by atoms with E-state index in [9.17, 15) is 18.4 Å². The first kappa shape index (κ1) is 19.5. The lowest BCUT2D eigenvalue weighted by atomic mass is 9.94. The summed E-state index contributed by atoms with van der Waals surface area (Å²) in [6.45, 7) is 1.84. The highest BCUT2D eigenvalue weighted by Gasteiger charge is 2.30. The van der Waals surface area contributed by atoms with E-state index in [0.29, 0.717) is 0 Å². The standard InChI is InChI=1S/C22H19F2NO3/c1-2-28-22(27)25-13-17(11-15-7-3-5-9-19(15)23)21(26)18(14-25)12-16-8-4-6-10-20(16)24/h3-12H,2,13-14H2,1H3/b17-11-,18-12-. The molecule has 0 aliphatic carbocycles. The van der Waals surface area contributed by atoms with Crippen LogP contribution in [0.5, 0.6) is 0 Å². The van der Waals surface area contributed by atoms with Crippen LogP contribution in [0.1, 0.15) is 18.1 Å². The summed E-state index contributed by atoms with van der Waals surface area (Å²) in [5.74, 6) is -1.31. The van der Waals surface area contributed by atoms with Gasteiger partial charge in [0.25, 0.3) is 0 Å². The molecule has 0 N–H and O–H groups in total. The normalized spacial score (nSPS) is 17.2.